The van der Waals surface area contributed by atoms with Crippen molar-refractivity contribution in [2.75, 3.05) is 7.11 Å². The molecule has 1 aromatic carbocycles. The number of ether oxygens (including phenoxy) is 1. The number of hydrogen-bond donors (Lipinski definition) is 1. The van der Waals surface area contributed by atoms with E-state index in [1.807, 2.05) is 0 Å². The molecule has 0 radical (unpaired) electrons. The Hall–Kier alpha value is -1.62. The van der Waals surface area contributed by atoms with Crippen LogP contribution in [0.5, 0.6) is 5.75 Å². The molecule has 0 fully saturated rings. The molecule has 0 spiro atoms. The zero-order valence-electron chi connectivity index (χ0n) is 8.06. The highest BCUT2D eigenvalue weighted by Crippen LogP contribution is 2.28. The van der Waals surface area contributed by atoms with Crippen LogP contribution in [0.25, 0.3) is 0 Å². The van der Waals surface area contributed by atoms with Crippen molar-refractivity contribution in [1.29, 1.82) is 0 Å². The summed E-state index contributed by atoms with van der Waals surface area (Å²) >= 11 is 0. The van der Waals surface area contributed by atoms with Crippen molar-refractivity contribution < 1.29 is 9.66 Å². The fourth-order valence-corrected chi connectivity index (χ4v) is 1.13. The molecule has 5 heteroatoms. The highest BCUT2D eigenvalue weighted by molar-refractivity contribution is 5.48. The molecular formula is C9H12N2O3. The lowest BCUT2D eigenvalue weighted by Crippen LogP contribution is -2.05. The Morgan fingerprint density at radius 3 is 2.64 bits per heavy atom. The van der Waals surface area contributed by atoms with Crippen molar-refractivity contribution in [3.63, 3.8) is 0 Å². The molecular weight excluding hydrogens is 184 g/mol. The molecule has 0 aliphatic rings. The van der Waals surface area contributed by atoms with Crippen molar-refractivity contribution in [1.82, 2.24) is 0 Å². The molecule has 0 heterocycles. The zero-order chi connectivity index (χ0) is 10.7. The molecule has 0 saturated heterocycles. The average molecular weight is 196 g/mol. The minimum absolute atomic E-state index is 0.0445. The maximum atomic E-state index is 10.6. The molecule has 0 aromatic heterocycles. The Labute approximate surface area is 81.6 Å². The minimum Gasteiger partial charge on any atom is -0.490 e. The summed E-state index contributed by atoms with van der Waals surface area (Å²) in [5.41, 5.74) is 6.41. The summed E-state index contributed by atoms with van der Waals surface area (Å²) in [4.78, 5) is 10.1. The summed E-state index contributed by atoms with van der Waals surface area (Å²) < 4.78 is 4.90. The summed E-state index contributed by atoms with van der Waals surface area (Å²) in [5, 5.41) is 10.6. The van der Waals surface area contributed by atoms with Crippen LogP contribution in [0.15, 0.2) is 18.2 Å². The average Bonchev–Trinajstić information content (AvgIpc) is 2.16. The highest BCUT2D eigenvalue weighted by Gasteiger charge is 2.15. The van der Waals surface area contributed by atoms with Crippen molar-refractivity contribution >= 4 is 5.69 Å². The van der Waals surface area contributed by atoms with Crippen LogP contribution in [0.4, 0.5) is 5.69 Å². The van der Waals surface area contributed by atoms with Crippen LogP contribution < -0.4 is 10.5 Å². The van der Waals surface area contributed by atoms with Gasteiger partial charge in [0.25, 0.3) is 0 Å². The zero-order valence-corrected chi connectivity index (χ0v) is 8.06. The Kier molecular flexibility index (Phi) is 3.03. The third kappa shape index (κ3) is 2.00. The normalized spacial score (nSPS) is 12.2. The van der Waals surface area contributed by atoms with Crippen molar-refractivity contribution in [3.05, 3.63) is 33.9 Å². The van der Waals surface area contributed by atoms with Crippen LogP contribution in [-0.2, 0) is 0 Å². The van der Waals surface area contributed by atoms with E-state index >= 15 is 0 Å². The van der Waals surface area contributed by atoms with Crippen LogP contribution in [-0.4, -0.2) is 12.0 Å². The molecule has 1 aromatic rings. The lowest BCUT2D eigenvalue weighted by Gasteiger charge is -2.07. The van der Waals surface area contributed by atoms with Gasteiger partial charge in [-0.05, 0) is 18.6 Å². The van der Waals surface area contributed by atoms with E-state index in [-0.39, 0.29) is 17.5 Å². The van der Waals surface area contributed by atoms with Crippen molar-refractivity contribution in [3.8, 4) is 5.75 Å². The molecule has 0 aliphatic carbocycles. The molecule has 0 aliphatic heterocycles. The second-order valence-corrected chi connectivity index (χ2v) is 2.98. The first-order chi connectivity index (χ1) is 6.56. The second-order valence-electron chi connectivity index (χ2n) is 2.98. The van der Waals surface area contributed by atoms with Crippen LogP contribution in [0, 0.1) is 10.1 Å². The molecule has 2 N–H and O–H groups in total. The lowest BCUT2D eigenvalue weighted by atomic mass is 10.1. The number of nitrogens with two attached hydrogens (primary N) is 1. The summed E-state index contributed by atoms with van der Waals surface area (Å²) in [6, 6.07) is 4.45. The largest absolute Gasteiger partial charge is 0.490 e. The quantitative estimate of drug-likeness (QED) is 0.588. The Morgan fingerprint density at radius 1 is 1.57 bits per heavy atom. The number of methoxy groups -OCH3 is 1. The molecule has 76 valence electrons. The third-order valence-corrected chi connectivity index (χ3v) is 1.93. The monoisotopic (exact) mass is 196 g/mol. The number of benzene rings is 1. The smallest absolute Gasteiger partial charge is 0.310 e. The fourth-order valence-electron chi connectivity index (χ4n) is 1.13. The van der Waals surface area contributed by atoms with E-state index in [1.165, 1.54) is 13.2 Å². The van der Waals surface area contributed by atoms with Crippen molar-refractivity contribution in [2.45, 2.75) is 13.0 Å². The van der Waals surface area contributed by atoms with Gasteiger partial charge in [0.1, 0.15) is 0 Å². The van der Waals surface area contributed by atoms with E-state index < -0.39 is 4.92 Å². The van der Waals surface area contributed by atoms with Gasteiger partial charge in [-0.15, -0.1) is 0 Å². The van der Waals surface area contributed by atoms with Crippen LogP contribution in [0.3, 0.4) is 0 Å². The van der Waals surface area contributed by atoms with E-state index in [1.54, 1.807) is 19.1 Å². The van der Waals surface area contributed by atoms with Crippen LogP contribution >= 0.6 is 0 Å². The van der Waals surface area contributed by atoms with Gasteiger partial charge in [0, 0.05) is 12.1 Å². The maximum Gasteiger partial charge on any atom is 0.310 e. The topological polar surface area (TPSA) is 78.4 Å². The third-order valence-electron chi connectivity index (χ3n) is 1.93. The number of rotatable bonds is 3. The van der Waals surface area contributed by atoms with Gasteiger partial charge in [-0.3, -0.25) is 10.1 Å². The number of nitro groups is 1. The SMILES string of the molecule is COc1cc([C@H](C)N)ccc1[N+](=O)[O-]. The van der Waals surface area contributed by atoms with Gasteiger partial charge < -0.3 is 10.5 Å². The van der Waals surface area contributed by atoms with Crippen molar-refractivity contribution in [2.24, 2.45) is 5.73 Å². The Morgan fingerprint density at radius 2 is 2.21 bits per heavy atom. The van der Waals surface area contributed by atoms with Gasteiger partial charge in [-0.1, -0.05) is 6.07 Å². The van der Waals surface area contributed by atoms with E-state index in [0.29, 0.717) is 0 Å². The predicted octanol–water partition coefficient (Wildman–Crippen LogP) is 1.62. The molecule has 5 nitrogen and oxygen atoms in total. The van der Waals surface area contributed by atoms with Gasteiger partial charge >= 0.3 is 5.69 Å². The molecule has 0 amide bonds. The number of nitrogens with zero attached hydrogens (tertiary/aromatic N) is 1. The fraction of sp³-hybridized carbons (Fsp3) is 0.333. The molecule has 1 atom stereocenters. The van der Waals surface area contributed by atoms with E-state index in [0.717, 1.165) is 5.56 Å². The van der Waals surface area contributed by atoms with Crippen LogP contribution in [0.1, 0.15) is 18.5 Å². The number of nitro benzene ring substituents is 1. The number of hydrogen-bond acceptors (Lipinski definition) is 4. The van der Waals surface area contributed by atoms with E-state index in [2.05, 4.69) is 0 Å². The first kappa shape index (κ1) is 10.5. The van der Waals surface area contributed by atoms with Gasteiger partial charge in [-0.25, -0.2) is 0 Å². The maximum absolute atomic E-state index is 10.6. The highest BCUT2D eigenvalue weighted by atomic mass is 16.6. The molecule has 1 rings (SSSR count). The minimum atomic E-state index is -0.482. The lowest BCUT2D eigenvalue weighted by molar-refractivity contribution is -0.385. The van der Waals surface area contributed by atoms with Crippen LogP contribution in [0.2, 0.25) is 0 Å². The van der Waals surface area contributed by atoms with E-state index in [9.17, 15) is 10.1 Å². The summed E-state index contributed by atoms with van der Waals surface area (Å²) in [5.74, 6) is 0.241. The van der Waals surface area contributed by atoms with Gasteiger partial charge in [-0.2, -0.15) is 0 Å². The summed E-state index contributed by atoms with van der Waals surface area (Å²) in [6.45, 7) is 1.81. The first-order valence-electron chi connectivity index (χ1n) is 4.14. The summed E-state index contributed by atoms with van der Waals surface area (Å²) in [7, 11) is 1.40. The predicted molar refractivity (Wildman–Crippen MR) is 52.3 cm³/mol. The first-order valence-corrected chi connectivity index (χ1v) is 4.14. The molecule has 0 bridgehead atoms. The Bertz CT molecular complexity index is 350. The Balaban J connectivity index is 3.18. The molecule has 0 unspecified atom stereocenters. The van der Waals surface area contributed by atoms with E-state index in [4.69, 9.17) is 10.5 Å². The standard InChI is InChI=1S/C9H12N2O3/c1-6(10)7-3-4-8(11(12)13)9(5-7)14-2/h3-6H,10H2,1-2H3/t6-/m0/s1. The molecule has 0 saturated carbocycles. The van der Waals surface area contributed by atoms with Gasteiger partial charge in [0.05, 0.1) is 12.0 Å². The summed E-state index contributed by atoms with van der Waals surface area (Å²) in [6.07, 6.45) is 0. The van der Waals surface area contributed by atoms with Gasteiger partial charge in [0.15, 0.2) is 5.75 Å². The van der Waals surface area contributed by atoms with Gasteiger partial charge in [0.2, 0.25) is 0 Å². The second kappa shape index (κ2) is 4.06. The molecule has 14 heavy (non-hydrogen) atoms.